The van der Waals surface area contributed by atoms with Crippen molar-refractivity contribution in [1.29, 1.82) is 0 Å². The summed E-state index contributed by atoms with van der Waals surface area (Å²) in [7, 11) is -1.99. The number of hydrogen-bond donors (Lipinski definition) is 3. The van der Waals surface area contributed by atoms with E-state index in [0.29, 0.717) is 0 Å². The Morgan fingerprint density at radius 3 is 2.48 bits per heavy atom. The molecule has 0 spiro atoms. The van der Waals surface area contributed by atoms with Gasteiger partial charge in [0.15, 0.2) is 9.84 Å². The molecular weight excluding hydrogens is 444 g/mol. The summed E-state index contributed by atoms with van der Waals surface area (Å²) < 4.78 is 24.9. The minimum absolute atomic E-state index is 0.222. The Morgan fingerprint density at radius 1 is 1.12 bits per heavy atom. The number of sulfone groups is 1. The van der Waals surface area contributed by atoms with Gasteiger partial charge in [-0.3, -0.25) is 14.4 Å². The van der Waals surface area contributed by atoms with E-state index < -0.39 is 51.4 Å². The van der Waals surface area contributed by atoms with Crippen LogP contribution in [0.3, 0.4) is 0 Å². The normalized spacial score (nSPS) is 23.5. The van der Waals surface area contributed by atoms with Gasteiger partial charge < -0.3 is 20.9 Å². The number of benzene rings is 1. The van der Waals surface area contributed by atoms with Gasteiger partial charge in [-0.05, 0) is 50.3 Å². The van der Waals surface area contributed by atoms with Crippen molar-refractivity contribution in [2.24, 2.45) is 5.92 Å². The highest BCUT2D eigenvalue weighted by molar-refractivity contribution is 7.91. The first-order valence-electron chi connectivity index (χ1n) is 11.4. The van der Waals surface area contributed by atoms with Gasteiger partial charge in [0.05, 0.1) is 17.8 Å². The predicted octanol–water partition coefficient (Wildman–Crippen LogP) is 0.512. The van der Waals surface area contributed by atoms with Crippen LogP contribution in [0.2, 0.25) is 0 Å². The Bertz CT molecular complexity index is 1010. The first kappa shape index (κ1) is 25.2. The molecule has 2 aliphatic rings. The van der Waals surface area contributed by atoms with E-state index >= 15 is 0 Å². The fourth-order valence-corrected chi connectivity index (χ4v) is 6.04. The van der Waals surface area contributed by atoms with Gasteiger partial charge in [0, 0.05) is 0 Å². The van der Waals surface area contributed by atoms with Crippen molar-refractivity contribution in [3.8, 4) is 0 Å². The quantitative estimate of drug-likeness (QED) is 0.525. The first-order valence-corrected chi connectivity index (χ1v) is 13.2. The predicted molar refractivity (Wildman–Crippen MR) is 125 cm³/mol. The second-order valence-corrected chi connectivity index (χ2v) is 11.3. The van der Waals surface area contributed by atoms with E-state index in [-0.39, 0.29) is 17.9 Å². The molecule has 9 nitrogen and oxygen atoms in total. The van der Waals surface area contributed by atoms with E-state index in [1.807, 2.05) is 24.3 Å². The number of hydrogen-bond acceptors (Lipinski definition) is 6. The van der Waals surface area contributed by atoms with Crippen LogP contribution in [0, 0.1) is 5.92 Å². The van der Waals surface area contributed by atoms with E-state index in [0.717, 1.165) is 29.7 Å². The standard InChI is InChI=1S/C23H34N4O5S/c1-14(2)20(26-21(28)15(3)24-4)23(30)27-13-33(31,32)12-19(27)22(29)25-18-11-7-9-16-8-5-6-10-17(16)18/h5-6,8,10,14-15,18-20,24H,7,9,11-13H2,1-4H3,(H,25,29)(H,26,28). The van der Waals surface area contributed by atoms with E-state index in [1.165, 1.54) is 5.56 Å². The maximum absolute atomic E-state index is 13.4. The third kappa shape index (κ3) is 5.73. The van der Waals surface area contributed by atoms with Crippen molar-refractivity contribution in [3.05, 3.63) is 35.4 Å². The van der Waals surface area contributed by atoms with Crippen LogP contribution in [0.1, 0.15) is 50.8 Å². The van der Waals surface area contributed by atoms with Crippen LogP contribution in [0.4, 0.5) is 0 Å². The zero-order chi connectivity index (χ0) is 24.3. The van der Waals surface area contributed by atoms with E-state index in [9.17, 15) is 22.8 Å². The van der Waals surface area contributed by atoms with Gasteiger partial charge >= 0.3 is 0 Å². The molecular formula is C23H34N4O5S. The molecule has 1 aromatic carbocycles. The average molecular weight is 479 g/mol. The molecule has 1 saturated heterocycles. The summed E-state index contributed by atoms with van der Waals surface area (Å²) >= 11 is 0. The number of aryl methyl sites for hydroxylation is 1. The highest BCUT2D eigenvalue weighted by Crippen LogP contribution is 2.30. The largest absolute Gasteiger partial charge is 0.347 e. The lowest BCUT2D eigenvalue weighted by Crippen LogP contribution is -2.57. The second-order valence-electron chi connectivity index (χ2n) is 9.26. The average Bonchev–Trinajstić information content (AvgIpc) is 3.11. The Balaban J connectivity index is 1.80. The molecule has 0 bridgehead atoms. The summed E-state index contributed by atoms with van der Waals surface area (Å²) in [6.45, 7) is 5.20. The van der Waals surface area contributed by atoms with E-state index in [2.05, 4.69) is 16.0 Å². The highest BCUT2D eigenvalue weighted by Gasteiger charge is 2.45. The highest BCUT2D eigenvalue weighted by atomic mass is 32.2. The lowest BCUT2D eigenvalue weighted by atomic mass is 9.87. The number of likely N-dealkylation sites (N-methyl/N-ethyl adjacent to an activating group) is 1. The molecule has 0 saturated carbocycles. The van der Waals surface area contributed by atoms with Crippen molar-refractivity contribution < 1.29 is 22.8 Å². The molecule has 4 unspecified atom stereocenters. The van der Waals surface area contributed by atoms with Crippen molar-refractivity contribution in [2.75, 3.05) is 18.7 Å². The third-order valence-electron chi connectivity index (χ3n) is 6.45. The Morgan fingerprint density at radius 2 is 1.82 bits per heavy atom. The molecule has 1 aliphatic heterocycles. The van der Waals surface area contributed by atoms with Crippen LogP contribution in [-0.2, 0) is 30.6 Å². The fraction of sp³-hybridized carbons (Fsp3) is 0.609. The SMILES string of the molecule is CNC(C)C(=O)NC(C(=O)N1CS(=O)(=O)CC1C(=O)NC1CCCc2ccccc21)C(C)C. The smallest absolute Gasteiger partial charge is 0.246 e. The van der Waals surface area contributed by atoms with E-state index in [1.54, 1.807) is 27.8 Å². The van der Waals surface area contributed by atoms with E-state index in [4.69, 9.17) is 0 Å². The van der Waals surface area contributed by atoms with Gasteiger partial charge in [0.2, 0.25) is 17.7 Å². The second kappa shape index (κ2) is 10.2. The van der Waals surface area contributed by atoms with Gasteiger partial charge in [0.1, 0.15) is 18.0 Å². The molecule has 0 radical (unpaired) electrons. The number of carbonyl (C=O) groups is 3. The van der Waals surface area contributed by atoms with Crippen LogP contribution in [0.15, 0.2) is 24.3 Å². The molecule has 1 aliphatic carbocycles. The lowest BCUT2D eigenvalue weighted by Gasteiger charge is -2.32. The number of nitrogens with zero attached hydrogens (tertiary/aromatic N) is 1. The zero-order valence-electron chi connectivity index (χ0n) is 19.6. The van der Waals surface area contributed by atoms with Gasteiger partial charge in [-0.1, -0.05) is 38.1 Å². The molecule has 4 atom stereocenters. The van der Waals surface area contributed by atoms with Crippen LogP contribution in [0.25, 0.3) is 0 Å². The van der Waals surface area contributed by atoms with Gasteiger partial charge in [-0.15, -0.1) is 0 Å². The Kier molecular flexibility index (Phi) is 7.79. The van der Waals surface area contributed by atoms with Crippen molar-refractivity contribution in [3.63, 3.8) is 0 Å². The summed E-state index contributed by atoms with van der Waals surface area (Å²) in [5, 5.41) is 8.50. The summed E-state index contributed by atoms with van der Waals surface area (Å²) in [5.74, 6) is -2.67. The van der Waals surface area contributed by atoms with Crippen LogP contribution in [-0.4, -0.2) is 67.8 Å². The van der Waals surface area contributed by atoms with Crippen LogP contribution < -0.4 is 16.0 Å². The van der Waals surface area contributed by atoms with Crippen LogP contribution >= 0.6 is 0 Å². The maximum Gasteiger partial charge on any atom is 0.246 e. The third-order valence-corrected chi connectivity index (χ3v) is 7.95. The molecule has 1 heterocycles. The van der Waals surface area contributed by atoms with Gasteiger partial charge in [-0.2, -0.15) is 0 Å². The Hall–Kier alpha value is -2.46. The zero-order valence-corrected chi connectivity index (χ0v) is 20.4. The minimum atomic E-state index is -3.63. The molecule has 0 aromatic heterocycles. The van der Waals surface area contributed by atoms with Crippen molar-refractivity contribution in [1.82, 2.24) is 20.9 Å². The molecule has 33 heavy (non-hydrogen) atoms. The summed E-state index contributed by atoms with van der Waals surface area (Å²) in [6.07, 6.45) is 2.60. The number of nitrogens with one attached hydrogen (secondary N) is 3. The number of carbonyl (C=O) groups excluding carboxylic acids is 3. The molecule has 1 fully saturated rings. The molecule has 3 amide bonds. The topological polar surface area (TPSA) is 125 Å². The monoisotopic (exact) mass is 478 g/mol. The first-order chi connectivity index (χ1) is 15.5. The summed E-state index contributed by atoms with van der Waals surface area (Å²) in [5.41, 5.74) is 2.20. The molecule has 1 aromatic rings. The van der Waals surface area contributed by atoms with Crippen LogP contribution in [0.5, 0.6) is 0 Å². The molecule has 3 rings (SSSR count). The van der Waals surface area contributed by atoms with Gasteiger partial charge in [0.25, 0.3) is 0 Å². The fourth-order valence-electron chi connectivity index (χ4n) is 4.39. The number of fused-ring (bicyclic) bond motifs is 1. The molecule has 182 valence electrons. The number of amides is 3. The Labute approximate surface area is 195 Å². The van der Waals surface area contributed by atoms with Crippen molar-refractivity contribution >= 4 is 27.6 Å². The lowest BCUT2D eigenvalue weighted by molar-refractivity contribution is -0.142. The molecule has 10 heteroatoms. The summed E-state index contributed by atoms with van der Waals surface area (Å²) in [6, 6.07) is 5.08. The van der Waals surface area contributed by atoms with Gasteiger partial charge in [-0.25, -0.2) is 8.42 Å². The maximum atomic E-state index is 13.4. The summed E-state index contributed by atoms with van der Waals surface area (Å²) in [4.78, 5) is 40.1. The minimum Gasteiger partial charge on any atom is -0.347 e. The molecule has 3 N–H and O–H groups in total. The number of rotatable bonds is 7. The van der Waals surface area contributed by atoms with Crippen molar-refractivity contribution in [2.45, 2.75) is 64.2 Å².